The SMILES string of the molecule is CC(=O)C(C=N/N=C(/C)c1cn[nH]c1C)=C(C)O. The number of nitrogens with one attached hydrogen (secondary N) is 1. The van der Waals surface area contributed by atoms with Crippen LogP contribution in [0.15, 0.2) is 27.7 Å². The third-order valence-electron chi connectivity index (χ3n) is 2.38. The summed E-state index contributed by atoms with van der Waals surface area (Å²) in [5.41, 5.74) is 2.58. The molecule has 0 spiro atoms. The van der Waals surface area contributed by atoms with Crippen molar-refractivity contribution in [1.29, 1.82) is 0 Å². The van der Waals surface area contributed by atoms with Crippen molar-refractivity contribution in [3.63, 3.8) is 0 Å². The van der Waals surface area contributed by atoms with Crippen LogP contribution in [-0.2, 0) is 4.79 Å². The van der Waals surface area contributed by atoms with Gasteiger partial charge in [0.25, 0.3) is 0 Å². The number of aromatic amines is 1. The molecule has 1 aromatic heterocycles. The Balaban J connectivity index is 2.90. The molecular formula is C12H16N4O2. The van der Waals surface area contributed by atoms with Crippen molar-refractivity contribution in [2.45, 2.75) is 27.7 Å². The summed E-state index contributed by atoms with van der Waals surface area (Å²) in [6.07, 6.45) is 2.90. The Bertz CT molecular complexity index is 534. The van der Waals surface area contributed by atoms with Gasteiger partial charge in [-0.1, -0.05) is 0 Å². The molecule has 2 N–H and O–H groups in total. The molecule has 0 fully saturated rings. The minimum Gasteiger partial charge on any atom is -0.512 e. The van der Waals surface area contributed by atoms with Crippen molar-refractivity contribution in [2.24, 2.45) is 10.2 Å². The highest BCUT2D eigenvalue weighted by molar-refractivity contribution is 6.12. The second-order valence-electron chi connectivity index (χ2n) is 3.89. The second-order valence-corrected chi connectivity index (χ2v) is 3.89. The van der Waals surface area contributed by atoms with E-state index in [-0.39, 0.29) is 17.1 Å². The standard InChI is InChI=1S/C12H16N4O2/c1-7-11(5-13-15-7)8(2)16-14-6-12(9(3)17)10(4)18/h5-6,17H,1-4H3,(H,13,15)/b12-9?,14-6?,16-8-. The number of hydrogen-bond donors (Lipinski definition) is 2. The summed E-state index contributed by atoms with van der Waals surface area (Å²) in [6, 6.07) is 0. The smallest absolute Gasteiger partial charge is 0.164 e. The van der Waals surface area contributed by atoms with Crippen LogP contribution < -0.4 is 0 Å². The van der Waals surface area contributed by atoms with E-state index in [9.17, 15) is 9.90 Å². The van der Waals surface area contributed by atoms with Crippen LogP contribution in [-0.4, -0.2) is 33.0 Å². The van der Waals surface area contributed by atoms with Crippen LogP contribution in [0.5, 0.6) is 0 Å². The van der Waals surface area contributed by atoms with E-state index in [4.69, 9.17) is 0 Å². The number of aryl methyl sites for hydroxylation is 1. The van der Waals surface area contributed by atoms with E-state index in [1.54, 1.807) is 13.1 Å². The molecule has 0 aliphatic carbocycles. The normalized spacial score (nSPS) is 13.9. The van der Waals surface area contributed by atoms with E-state index < -0.39 is 0 Å². The van der Waals surface area contributed by atoms with Gasteiger partial charge in [0.15, 0.2) is 5.78 Å². The molecule has 0 aliphatic heterocycles. The molecule has 18 heavy (non-hydrogen) atoms. The Morgan fingerprint density at radius 2 is 2.11 bits per heavy atom. The third-order valence-corrected chi connectivity index (χ3v) is 2.38. The lowest BCUT2D eigenvalue weighted by Gasteiger charge is -1.97. The highest BCUT2D eigenvalue weighted by atomic mass is 16.3. The summed E-state index contributed by atoms with van der Waals surface area (Å²) >= 11 is 0. The molecule has 0 saturated heterocycles. The maximum absolute atomic E-state index is 11.2. The lowest BCUT2D eigenvalue weighted by atomic mass is 10.2. The zero-order valence-corrected chi connectivity index (χ0v) is 10.9. The van der Waals surface area contributed by atoms with Crippen molar-refractivity contribution in [3.05, 3.63) is 28.8 Å². The van der Waals surface area contributed by atoms with Crippen LogP contribution in [0.2, 0.25) is 0 Å². The number of Topliss-reactive ketones (excluding diaryl/α,β-unsaturated/α-hetero) is 1. The van der Waals surface area contributed by atoms with Crippen LogP contribution in [0.3, 0.4) is 0 Å². The number of allylic oxidation sites excluding steroid dienone is 2. The van der Waals surface area contributed by atoms with E-state index in [0.717, 1.165) is 11.3 Å². The molecule has 0 aliphatic rings. The lowest BCUT2D eigenvalue weighted by Crippen LogP contribution is -2.01. The van der Waals surface area contributed by atoms with Crippen molar-refractivity contribution in [3.8, 4) is 0 Å². The fraction of sp³-hybridized carbons (Fsp3) is 0.333. The van der Waals surface area contributed by atoms with Gasteiger partial charge in [0.1, 0.15) is 5.76 Å². The van der Waals surface area contributed by atoms with E-state index in [1.807, 2.05) is 6.92 Å². The molecule has 6 heteroatoms. The predicted molar refractivity (Wildman–Crippen MR) is 70.0 cm³/mol. The molecule has 1 rings (SSSR count). The first kappa shape index (κ1) is 13.8. The number of aliphatic hydroxyl groups excluding tert-OH is 1. The minimum absolute atomic E-state index is 0.0707. The van der Waals surface area contributed by atoms with Crippen LogP contribution in [0.25, 0.3) is 0 Å². The van der Waals surface area contributed by atoms with Gasteiger partial charge in [-0.3, -0.25) is 9.89 Å². The molecule has 0 atom stereocenters. The summed E-state index contributed by atoms with van der Waals surface area (Å²) in [4.78, 5) is 11.2. The average Bonchev–Trinajstić information content (AvgIpc) is 2.69. The van der Waals surface area contributed by atoms with Gasteiger partial charge in [0.05, 0.1) is 23.7 Å². The van der Waals surface area contributed by atoms with E-state index >= 15 is 0 Å². The Morgan fingerprint density at radius 1 is 1.44 bits per heavy atom. The van der Waals surface area contributed by atoms with Crippen molar-refractivity contribution >= 4 is 17.7 Å². The van der Waals surface area contributed by atoms with E-state index in [2.05, 4.69) is 20.4 Å². The Kier molecular flexibility index (Phi) is 4.53. The molecule has 6 nitrogen and oxygen atoms in total. The first-order valence-electron chi connectivity index (χ1n) is 5.42. The van der Waals surface area contributed by atoms with Crippen LogP contribution in [0, 0.1) is 6.92 Å². The van der Waals surface area contributed by atoms with Crippen molar-refractivity contribution in [2.75, 3.05) is 0 Å². The fourth-order valence-corrected chi connectivity index (χ4v) is 1.38. The number of ketones is 1. The molecule has 0 amide bonds. The monoisotopic (exact) mass is 248 g/mol. The number of aromatic nitrogens is 2. The molecule has 0 aromatic carbocycles. The summed E-state index contributed by atoms with van der Waals surface area (Å²) in [7, 11) is 0. The summed E-state index contributed by atoms with van der Waals surface area (Å²) < 4.78 is 0. The number of carbonyl (C=O) groups is 1. The number of rotatable bonds is 4. The average molecular weight is 248 g/mol. The summed E-state index contributed by atoms with van der Waals surface area (Å²) in [5.74, 6) is -0.329. The Labute approximate surface area is 105 Å². The van der Waals surface area contributed by atoms with Gasteiger partial charge in [0, 0.05) is 11.3 Å². The fourth-order valence-electron chi connectivity index (χ4n) is 1.38. The quantitative estimate of drug-likeness (QED) is 0.369. The maximum atomic E-state index is 11.2. The summed E-state index contributed by atoms with van der Waals surface area (Å²) in [6.45, 7) is 6.46. The number of aliphatic hydroxyl groups is 1. The van der Waals surface area contributed by atoms with Gasteiger partial charge < -0.3 is 5.11 Å². The van der Waals surface area contributed by atoms with E-state index in [0.29, 0.717) is 5.71 Å². The maximum Gasteiger partial charge on any atom is 0.164 e. The highest BCUT2D eigenvalue weighted by Gasteiger charge is 2.05. The van der Waals surface area contributed by atoms with Gasteiger partial charge in [0.2, 0.25) is 0 Å². The number of H-pyrrole nitrogens is 1. The first-order chi connectivity index (χ1) is 8.43. The highest BCUT2D eigenvalue weighted by Crippen LogP contribution is 2.05. The van der Waals surface area contributed by atoms with E-state index in [1.165, 1.54) is 20.1 Å². The largest absolute Gasteiger partial charge is 0.512 e. The molecule has 0 bridgehead atoms. The van der Waals surface area contributed by atoms with Crippen LogP contribution in [0.1, 0.15) is 32.0 Å². The predicted octanol–water partition coefficient (Wildman–Crippen LogP) is 1.93. The first-order valence-corrected chi connectivity index (χ1v) is 5.42. The molecule has 1 aromatic rings. The Hall–Kier alpha value is -2.24. The van der Waals surface area contributed by atoms with Gasteiger partial charge >= 0.3 is 0 Å². The molecule has 0 unspecified atom stereocenters. The van der Waals surface area contributed by atoms with Crippen molar-refractivity contribution in [1.82, 2.24) is 10.2 Å². The molecule has 1 heterocycles. The topological polar surface area (TPSA) is 90.7 Å². The zero-order valence-electron chi connectivity index (χ0n) is 10.9. The van der Waals surface area contributed by atoms with Gasteiger partial charge in [-0.25, -0.2) is 0 Å². The minimum atomic E-state index is -0.258. The van der Waals surface area contributed by atoms with Gasteiger partial charge in [-0.05, 0) is 27.7 Å². The van der Waals surface area contributed by atoms with Crippen LogP contribution in [0.4, 0.5) is 0 Å². The lowest BCUT2D eigenvalue weighted by molar-refractivity contribution is -0.113. The number of nitrogens with zero attached hydrogens (tertiary/aromatic N) is 3. The molecule has 0 saturated carbocycles. The number of carbonyl (C=O) groups excluding carboxylic acids is 1. The van der Waals surface area contributed by atoms with Gasteiger partial charge in [-0.15, -0.1) is 0 Å². The van der Waals surface area contributed by atoms with Crippen LogP contribution >= 0.6 is 0 Å². The molecule has 0 radical (unpaired) electrons. The van der Waals surface area contributed by atoms with Crippen molar-refractivity contribution < 1.29 is 9.90 Å². The summed E-state index contributed by atoms with van der Waals surface area (Å²) in [5, 5.41) is 23.7. The Morgan fingerprint density at radius 3 is 2.56 bits per heavy atom. The zero-order chi connectivity index (χ0) is 13.7. The molecular weight excluding hydrogens is 232 g/mol. The molecule has 96 valence electrons. The number of hydrogen-bond acceptors (Lipinski definition) is 5. The third kappa shape index (κ3) is 3.38. The van der Waals surface area contributed by atoms with Gasteiger partial charge in [-0.2, -0.15) is 15.3 Å². The second kappa shape index (κ2) is 5.90.